The molecule has 0 spiro atoms. The number of aromatic amines is 1. The maximum atomic E-state index is 12.0. The number of aromatic nitrogens is 3. The van der Waals surface area contributed by atoms with E-state index in [4.69, 9.17) is 11.6 Å². The molecule has 0 aliphatic heterocycles. The largest absolute Gasteiger partial charge is 0.378 e. The topological polar surface area (TPSA) is 62.7 Å². The summed E-state index contributed by atoms with van der Waals surface area (Å²) in [5, 5.41) is 8.19. The molecule has 5 nitrogen and oxygen atoms in total. The van der Waals surface area contributed by atoms with Crippen LogP contribution in [0.5, 0.6) is 0 Å². The van der Waals surface area contributed by atoms with Gasteiger partial charge in [-0.15, -0.1) is 0 Å². The van der Waals surface area contributed by atoms with Crippen LogP contribution in [0.15, 0.2) is 57.8 Å². The van der Waals surface area contributed by atoms with Crippen LogP contribution in [-0.4, -0.2) is 14.8 Å². The zero-order chi connectivity index (χ0) is 16.2. The predicted molar refractivity (Wildman–Crippen MR) is 94.9 cm³/mol. The van der Waals surface area contributed by atoms with Crippen LogP contribution in [0.1, 0.15) is 11.4 Å². The summed E-state index contributed by atoms with van der Waals surface area (Å²) in [6.45, 7) is 0.856. The number of anilines is 1. The molecule has 1 heterocycles. The number of nitrogens with zero attached hydrogens (tertiary/aromatic N) is 2. The van der Waals surface area contributed by atoms with Gasteiger partial charge >= 0.3 is 5.69 Å². The smallest absolute Gasteiger partial charge is 0.343 e. The minimum absolute atomic E-state index is 0.229. The van der Waals surface area contributed by atoms with E-state index in [0.717, 1.165) is 15.7 Å². The molecule has 0 aliphatic carbocycles. The van der Waals surface area contributed by atoms with Crippen molar-refractivity contribution in [1.82, 2.24) is 14.8 Å². The Labute approximate surface area is 146 Å². The van der Waals surface area contributed by atoms with E-state index < -0.39 is 0 Å². The van der Waals surface area contributed by atoms with Crippen LogP contribution >= 0.6 is 27.5 Å². The summed E-state index contributed by atoms with van der Waals surface area (Å²) in [5.74, 6) is 0.590. The second-order valence-electron chi connectivity index (χ2n) is 5.02. The fraction of sp³-hybridized carbons (Fsp3) is 0.125. The van der Waals surface area contributed by atoms with E-state index in [1.165, 1.54) is 4.68 Å². The molecule has 7 heteroatoms. The number of hydrogen-bond donors (Lipinski definition) is 2. The lowest BCUT2D eigenvalue weighted by Gasteiger charge is -2.04. The molecule has 0 saturated heterocycles. The minimum Gasteiger partial charge on any atom is -0.378 e. The van der Waals surface area contributed by atoms with Crippen LogP contribution in [0.25, 0.3) is 0 Å². The molecule has 118 valence electrons. The van der Waals surface area contributed by atoms with E-state index in [-0.39, 0.29) is 5.69 Å². The number of hydrogen-bond acceptors (Lipinski definition) is 3. The first-order valence-electron chi connectivity index (χ1n) is 7.00. The average molecular weight is 394 g/mol. The molecule has 2 N–H and O–H groups in total. The molecular weight excluding hydrogens is 380 g/mol. The highest BCUT2D eigenvalue weighted by atomic mass is 79.9. The molecule has 3 rings (SSSR count). The van der Waals surface area contributed by atoms with Crippen molar-refractivity contribution in [3.63, 3.8) is 0 Å². The number of benzene rings is 2. The Balaban J connectivity index is 1.67. The van der Waals surface area contributed by atoms with Crippen LogP contribution in [-0.2, 0) is 13.1 Å². The second-order valence-corrected chi connectivity index (χ2v) is 6.37. The summed E-state index contributed by atoms with van der Waals surface area (Å²) in [7, 11) is 0. The monoisotopic (exact) mass is 392 g/mol. The van der Waals surface area contributed by atoms with Gasteiger partial charge in [0.15, 0.2) is 0 Å². The van der Waals surface area contributed by atoms with Crippen molar-refractivity contribution in [2.45, 2.75) is 13.1 Å². The summed E-state index contributed by atoms with van der Waals surface area (Å²) in [5.41, 5.74) is 1.70. The lowest BCUT2D eigenvalue weighted by atomic mass is 10.2. The molecule has 1 aromatic heterocycles. The van der Waals surface area contributed by atoms with Crippen molar-refractivity contribution < 1.29 is 0 Å². The van der Waals surface area contributed by atoms with Gasteiger partial charge in [0.25, 0.3) is 0 Å². The Morgan fingerprint density at radius 3 is 2.52 bits per heavy atom. The molecule has 23 heavy (non-hydrogen) atoms. The van der Waals surface area contributed by atoms with Crippen molar-refractivity contribution >= 4 is 33.2 Å². The SMILES string of the molecule is O=c1[nH]c(CNc2ccc(Br)cc2)nn1Cc1ccc(Cl)cc1. The van der Waals surface area contributed by atoms with Gasteiger partial charge < -0.3 is 5.32 Å². The highest BCUT2D eigenvalue weighted by Crippen LogP contribution is 2.14. The van der Waals surface area contributed by atoms with Crippen LogP contribution < -0.4 is 11.0 Å². The van der Waals surface area contributed by atoms with Gasteiger partial charge in [0, 0.05) is 15.2 Å². The van der Waals surface area contributed by atoms with E-state index in [9.17, 15) is 4.79 Å². The van der Waals surface area contributed by atoms with Crippen LogP contribution in [0.3, 0.4) is 0 Å². The predicted octanol–water partition coefficient (Wildman–Crippen LogP) is 3.65. The fourth-order valence-corrected chi connectivity index (χ4v) is 2.50. The number of rotatable bonds is 5. The Kier molecular flexibility index (Phi) is 4.83. The van der Waals surface area contributed by atoms with Crippen LogP contribution in [0.2, 0.25) is 5.02 Å². The van der Waals surface area contributed by atoms with Crippen LogP contribution in [0, 0.1) is 0 Å². The highest BCUT2D eigenvalue weighted by molar-refractivity contribution is 9.10. The third-order valence-electron chi connectivity index (χ3n) is 3.28. The minimum atomic E-state index is -0.229. The molecule has 0 unspecified atom stereocenters. The van der Waals surface area contributed by atoms with E-state index in [1.807, 2.05) is 36.4 Å². The van der Waals surface area contributed by atoms with Crippen molar-refractivity contribution in [3.8, 4) is 0 Å². The zero-order valence-electron chi connectivity index (χ0n) is 12.1. The van der Waals surface area contributed by atoms with Crippen molar-refractivity contribution in [1.29, 1.82) is 0 Å². The second kappa shape index (κ2) is 7.02. The third-order valence-corrected chi connectivity index (χ3v) is 4.06. The van der Waals surface area contributed by atoms with Gasteiger partial charge in [-0.2, -0.15) is 5.10 Å². The number of halogens is 2. The van der Waals surface area contributed by atoms with Crippen molar-refractivity contribution in [2.75, 3.05) is 5.32 Å². The van der Waals surface area contributed by atoms with Gasteiger partial charge in [-0.05, 0) is 42.0 Å². The average Bonchev–Trinajstić information content (AvgIpc) is 2.89. The Hall–Kier alpha value is -2.05. The molecule has 2 aromatic carbocycles. The quantitative estimate of drug-likeness (QED) is 0.695. The van der Waals surface area contributed by atoms with Crippen molar-refractivity contribution in [3.05, 3.63) is 79.9 Å². The van der Waals surface area contributed by atoms with Gasteiger partial charge in [0.2, 0.25) is 0 Å². The molecule has 0 aliphatic rings. The van der Waals surface area contributed by atoms with Crippen molar-refractivity contribution in [2.24, 2.45) is 0 Å². The molecular formula is C16H14BrClN4O. The van der Waals surface area contributed by atoms with E-state index in [2.05, 4.69) is 31.3 Å². The Bertz CT molecular complexity index is 840. The molecule has 0 fully saturated rings. The zero-order valence-corrected chi connectivity index (χ0v) is 14.4. The molecule has 0 bridgehead atoms. The van der Waals surface area contributed by atoms with Gasteiger partial charge in [-0.3, -0.25) is 4.98 Å². The standard InChI is InChI=1S/C16H14BrClN4O/c17-12-3-7-14(8-4-12)19-9-15-20-16(23)22(21-15)10-11-1-5-13(18)6-2-11/h1-8,19H,9-10H2,(H,20,21,23). The number of H-pyrrole nitrogens is 1. The summed E-state index contributed by atoms with van der Waals surface area (Å²) in [4.78, 5) is 14.7. The maximum Gasteiger partial charge on any atom is 0.343 e. The summed E-state index contributed by atoms with van der Waals surface area (Å²) < 4.78 is 2.42. The molecule has 0 radical (unpaired) electrons. The first-order valence-corrected chi connectivity index (χ1v) is 8.17. The molecule has 0 amide bonds. The highest BCUT2D eigenvalue weighted by Gasteiger charge is 2.06. The lowest BCUT2D eigenvalue weighted by molar-refractivity contribution is 0.651. The summed E-state index contributed by atoms with van der Waals surface area (Å²) in [6.07, 6.45) is 0. The number of nitrogens with one attached hydrogen (secondary N) is 2. The fourth-order valence-electron chi connectivity index (χ4n) is 2.11. The van der Waals surface area contributed by atoms with Gasteiger partial charge in [-0.25, -0.2) is 9.48 Å². The first-order chi connectivity index (χ1) is 11.1. The summed E-state index contributed by atoms with van der Waals surface area (Å²) in [6, 6.07) is 15.1. The molecule has 3 aromatic rings. The lowest BCUT2D eigenvalue weighted by Crippen LogP contribution is -2.18. The molecule has 0 saturated carbocycles. The van der Waals surface area contributed by atoms with E-state index >= 15 is 0 Å². The first kappa shape index (κ1) is 15.8. The van der Waals surface area contributed by atoms with Gasteiger partial charge in [0.05, 0.1) is 13.1 Å². The van der Waals surface area contributed by atoms with Crippen LogP contribution in [0.4, 0.5) is 5.69 Å². The molecule has 0 atom stereocenters. The maximum absolute atomic E-state index is 12.0. The van der Waals surface area contributed by atoms with Gasteiger partial charge in [0.1, 0.15) is 5.82 Å². The van der Waals surface area contributed by atoms with Gasteiger partial charge in [-0.1, -0.05) is 39.7 Å². The Morgan fingerprint density at radius 2 is 1.83 bits per heavy atom. The normalized spacial score (nSPS) is 10.7. The summed E-state index contributed by atoms with van der Waals surface area (Å²) >= 11 is 9.25. The third kappa shape index (κ3) is 4.24. The Morgan fingerprint density at radius 1 is 1.13 bits per heavy atom. The van der Waals surface area contributed by atoms with E-state index in [0.29, 0.717) is 23.9 Å². The van der Waals surface area contributed by atoms with E-state index in [1.54, 1.807) is 12.1 Å².